The highest BCUT2D eigenvalue weighted by Gasteiger charge is 2.32. The van der Waals surface area contributed by atoms with Gasteiger partial charge in [-0.25, -0.2) is 8.78 Å². The monoisotopic (exact) mass is 511 g/mol. The van der Waals surface area contributed by atoms with E-state index in [1.807, 2.05) is 0 Å². The molecule has 2 aromatic rings. The molecule has 1 saturated heterocycles. The van der Waals surface area contributed by atoms with Crippen LogP contribution < -0.4 is 10.1 Å². The van der Waals surface area contributed by atoms with Gasteiger partial charge in [0.15, 0.2) is 11.6 Å². The Labute approximate surface area is 207 Å². The number of nitrogens with one attached hydrogen (secondary N) is 1. The van der Waals surface area contributed by atoms with Gasteiger partial charge in [-0.1, -0.05) is 31.9 Å². The summed E-state index contributed by atoms with van der Waals surface area (Å²) in [5, 5.41) is 3.14. The average molecular weight is 512 g/mol. The number of benzene rings is 2. The van der Waals surface area contributed by atoms with Crippen LogP contribution in [-0.2, 0) is 0 Å². The third-order valence-corrected chi connectivity index (χ3v) is 6.60. The number of hydrogen-bond acceptors (Lipinski definition) is 4. The molecule has 1 aliphatic heterocycles. The lowest BCUT2D eigenvalue weighted by atomic mass is 9.79. The quantitative estimate of drug-likeness (QED) is 0.357. The van der Waals surface area contributed by atoms with Crippen LogP contribution >= 0.6 is 0 Å². The number of carbonyl (C=O) groups excluding carboxylic acids is 2. The predicted molar refractivity (Wildman–Crippen MR) is 125 cm³/mol. The first kappa shape index (κ1) is 27.8. The summed E-state index contributed by atoms with van der Waals surface area (Å²) in [5.41, 5.74) is 0.440. The Bertz CT molecular complexity index is 1020. The van der Waals surface area contributed by atoms with Crippen LogP contribution in [-0.4, -0.2) is 31.0 Å². The van der Waals surface area contributed by atoms with Gasteiger partial charge in [-0.15, -0.1) is 13.2 Å². The molecular formula is C27H30F5NO3. The lowest BCUT2D eigenvalue weighted by Gasteiger charge is -2.25. The van der Waals surface area contributed by atoms with Gasteiger partial charge in [-0.05, 0) is 69.0 Å². The smallest absolute Gasteiger partial charge is 0.406 e. The number of carbonyl (C=O) groups is 2. The van der Waals surface area contributed by atoms with Gasteiger partial charge in [0, 0.05) is 29.0 Å². The lowest BCUT2D eigenvalue weighted by Crippen LogP contribution is -2.31. The Morgan fingerprint density at radius 3 is 1.94 bits per heavy atom. The van der Waals surface area contributed by atoms with Crippen molar-refractivity contribution in [2.24, 2.45) is 17.8 Å². The van der Waals surface area contributed by atoms with E-state index in [2.05, 4.69) is 17.0 Å². The second kappa shape index (κ2) is 12.4. The summed E-state index contributed by atoms with van der Waals surface area (Å²) in [6, 6.07) is 8.32. The number of ketones is 2. The number of halogens is 5. The van der Waals surface area contributed by atoms with Crippen molar-refractivity contribution < 1.29 is 36.3 Å². The number of hydrogen-bond donors (Lipinski definition) is 1. The fourth-order valence-corrected chi connectivity index (χ4v) is 4.62. The van der Waals surface area contributed by atoms with Crippen molar-refractivity contribution in [2.75, 3.05) is 13.1 Å². The van der Waals surface area contributed by atoms with E-state index in [4.69, 9.17) is 0 Å². The molecule has 1 heterocycles. The Balaban J connectivity index is 0.000000205. The Hall–Kier alpha value is -2.81. The summed E-state index contributed by atoms with van der Waals surface area (Å²) >= 11 is 0. The Morgan fingerprint density at radius 2 is 1.36 bits per heavy atom. The maximum atomic E-state index is 13.0. The minimum atomic E-state index is -4.73. The van der Waals surface area contributed by atoms with Crippen LogP contribution in [0.4, 0.5) is 22.0 Å². The minimum absolute atomic E-state index is 0.0765. The summed E-state index contributed by atoms with van der Waals surface area (Å²) in [6.45, 7) is 3.72. The third-order valence-electron chi connectivity index (χ3n) is 6.60. The molecule has 2 aliphatic rings. The van der Waals surface area contributed by atoms with Crippen molar-refractivity contribution in [2.45, 2.75) is 51.8 Å². The Kier molecular flexibility index (Phi) is 9.59. The van der Waals surface area contributed by atoms with Gasteiger partial charge < -0.3 is 10.1 Å². The molecule has 2 fully saturated rings. The second-order valence-corrected chi connectivity index (χ2v) is 9.44. The molecule has 0 spiro atoms. The summed E-state index contributed by atoms with van der Waals surface area (Å²) in [4.78, 5) is 24.2. The molecule has 196 valence electrons. The highest BCUT2D eigenvalue weighted by atomic mass is 19.4. The second-order valence-electron chi connectivity index (χ2n) is 9.44. The molecular weight excluding hydrogens is 481 g/mol. The average Bonchev–Trinajstić information content (AvgIpc) is 2.83. The molecule has 2 aromatic carbocycles. The molecule has 4 rings (SSSR count). The zero-order valence-corrected chi connectivity index (χ0v) is 20.0. The molecule has 1 saturated carbocycles. The van der Waals surface area contributed by atoms with Gasteiger partial charge in [0.25, 0.3) is 0 Å². The van der Waals surface area contributed by atoms with Gasteiger partial charge in [0.1, 0.15) is 17.4 Å². The molecule has 9 heteroatoms. The number of alkyl halides is 3. The standard InChI is InChI=1S/C15H17F3O2.C12H13F2NO/c1-10-5-7-11(8-6-10)14(19)12-3-2-4-13(9-12)20-15(16,17)18;13-10-5-9(6-11(14)7-10)12(16)8-1-3-15-4-2-8/h2-4,9-11H,5-8H2,1H3;5-8,15H,1-4H2. The number of piperidine rings is 1. The molecule has 0 amide bonds. The van der Waals surface area contributed by atoms with Crippen LogP contribution in [0.15, 0.2) is 42.5 Å². The third kappa shape index (κ3) is 8.40. The van der Waals surface area contributed by atoms with Gasteiger partial charge in [0.05, 0.1) is 0 Å². The molecule has 0 aromatic heterocycles. The van der Waals surface area contributed by atoms with E-state index in [0.717, 1.165) is 69.8 Å². The van der Waals surface area contributed by atoms with E-state index in [9.17, 15) is 31.5 Å². The lowest BCUT2D eigenvalue weighted by molar-refractivity contribution is -0.274. The molecule has 36 heavy (non-hydrogen) atoms. The van der Waals surface area contributed by atoms with Crippen molar-refractivity contribution in [1.29, 1.82) is 0 Å². The van der Waals surface area contributed by atoms with Gasteiger partial charge >= 0.3 is 6.36 Å². The van der Waals surface area contributed by atoms with E-state index in [0.29, 0.717) is 11.5 Å². The van der Waals surface area contributed by atoms with Crippen LogP contribution in [0.1, 0.15) is 66.2 Å². The zero-order chi connectivity index (χ0) is 26.3. The summed E-state index contributed by atoms with van der Waals surface area (Å²) in [6.07, 6.45) is 0.342. The molecule has 1 aliphatic carbocycles. The summed E-state index contributed by atoms with van der Waals surface area (Å²) < 4.78 is 66.2. The SMILES string of the molecule is CC1CCC(C(=O)c2cccc(OC(F)(F)F)c2)CC1.O=C(c1cc(F)cc(F)c1)C1CCNCC1. The highest BCUT2D eigenvalue weighted by Crippen LogP contribution is 2.32. The van der Waals surface area contributed by atoms with Gasteiger partial charge in [0.2, 0.25) is 0 Å². The largest absolute Gasteiger partial charge is 0.573 e. The number of Topliss-reactive ketones (excluding diaryl/α,β-unsaturated/α-hetero) is 2. The van der Waals surface area contributed by atoms with Crippen LogP contribution in [0.5, 0.6) is 5.75 Å². The summed E-state index contributed by atoms with van der Waals surface area (Å²) in [5.74, 6) is -1.53. The van der Waals surface area contributed by atoms with Crippen LogP contribution in [0.2, 0.25) is 0 Å². The summed E-state index contributed by atoms with van der Waals surface area (Å²) in [7, 11) is 0. The Morgan fingerprint density at radius 1 is 0.806 bits per heavy atom. The van der Waals surface area contributed by atoms with Crippen LogP contribution in [0.3, 0.4) is 0 Å². The van der Waals surface area contributed by atoms with E-state index in [1.165, 1.54) is 18.2 Å². The number of ether oxygens (including phenoxy) is 1. The van der Waals surface area contributed by atoms with E-state index < -0.39 is 18.0 Å². The van der Waals surface area contributed by atoms with Crippen molar-refractivity contribution in [3.63, 3.8) is 0 Å². The zero-order valence-electron chi connectivity index (χ0n) is 20.0. The van der Waals surface area contributed by atoms with Crippen molar-refractivity contribution >= 4 is 11.6 Å². The van der Waals surface area contributed by atoms with Crippen molar-refractivity contribution in [3.8, 4) is 5.75 Å². The molecule has 1 N–H and O–H groups in total. The minimum Gasteiger partial charge on any atom is -0.406 e. The van der Waals surface area contributed by atoms with E-state index in [1.54, 1.807) is 6.07 Å². The maximum Gasteiger partial charge on any atom is 0.573 e. The van der Waals surface area contributed by atoms with Crippen LogP contribution in [0.25, 0.3) is 0 Å². The van der Waals surface area contributed by atoms with Crippen molar-refractivity contribution in [1.82, 2.24) is 5.32 Å². The van der Waals surface area contributed by atoms with Crippen molar-refractivity contribution in [3.05, 3.63) is 65.2 Å². The maximum absolute atomic E-state index is 13.0. The van der Waals surface area contributed by atoms with Gasteiger partial charge in [-0.3, -0.25) is 9.59 Å². The normalized spacial score (nSPS) is 20.7. The predicted octanol–water partition coefficient (Wildman–Crippen LogP) is 6.74. The number of rotatable bonds is 5. The molecule has 0 unspecified atom stereocenters. The van der Waals surface area contributed by atoms with Gasteiger partial charge in [-0.2, -0.15) is 0 Å². The first-order valence-corrected chi connectivity index (χ1v) is 12.1. The topological polar surface area (TPSA) is 55.4 Å². The molecule has 0 bridgehead atoms. The molecule has 0 atom stereocenters. The fourth-order valence-electron chi connectivity index (χ4n) is 4.62. The first-order valence-electron chi connectivity index (χ1n) is 12.1. The molecule has 0 radical (unpaired) electrons. The fraction of sp³-hybridized carbons (Fsp3) is 0.481. The molecule has 4 nitrogen and oxygen atoms in total. The first-order chi connectivity index (χ1) is 17.0. The van der Waals surface area contributed by atoms with E-state index in [-0.39, 0.29) is 34.7 Å². The van der Waals surface area contributed by atoms with E-state index >= 15 is 0 Å². The van der Waals surface area contributed by atoms with Crippen LogP contribution in [0, 0.1) is 29.4 Å². The highest BCUT2D eigenvalue weighted by molar-refractivity contribution is 5.98.